The number of nitrogens with zero attached hydrogens (tertiary/aromatic N) is 1. The number of nitrogens with one attached hydrogen (secondary N) is 1. The van der Waals surface area contributed by atoms with Crippen LogP contribution >= 0.6 is 22.6 Å². The van der Waals surface area contributed by atoms with Gasteiger partial charge >= 0.3 is 0 Å². The van der Waals surface area contributed by atoms with Gasteiger partial charge in [0, 0.05) is 15.3 Å². The molecule has 0 saturated heterocycles. The van der Waals surface area contributed by atoms with Crippen molar-refractivity contribution in [2.24, 2.45) is 5.14 Å². The summed E-state index contributed by atoms with van der Waals surface area (Å²) in [6.45, 7) is 4.18. The van der Waals surface area contributed by atoms with Crippen molar-refractivity contribution in [3.63, 3.8) is 0 Å². The molecule has 2 aromatic rings. The number of rotatable bonds is 6. The fraction of sp³-hybridized carbons (Fsp3) is 0.278. The third kappa shape index (κ3) is 5.50. The minimum absolute atomic E-state index is 0.0616. The number of primary sulfonamides is 1. The van der Waals surface area contributed by atoms with E-state index in [0.29, 0.717) is 0 Å². The van der Waals surface area contributed by atoms with Crippen LogP contribution in [-0.2, 0) is 14.8 Å². The van der Waals surface area contributed by atoms with Gasteiger partial charge in [-0.3, -0.25) is 9.69 Å². The summed E-state index contributed by atoms with van der Waals surface area (Å²) in [5.41, 5.74) is 2.83. The molecule has 8 heteroatoms. The lowest BCUT2D eigenvalue weighted by Gasteiger charge is -2.24. The molecule has 0 aliphatic carbocycles. The number of carbonyl (C=O) groups excluding carboxylic acids is 1. The molecule has 0 saturated carbocycles. The smallest absolute Gasteiger partial charge is 0.238 e. The van der Waals surface area contributed by atoms with E-state index in [0.717, 1.165) is 20.4 Å². The maximum absolute atomic E-state index is 12.3. The van der Waals surface area contributed by atoms with Gasteiger partial charge in [-0.05, 0) is 78.9 Å². The zero-order valence-corrected chi connectivity index (χ0v) is 17.8. The van der Waals surface area contributed by atoms with Crippen LogP contribution in [0.5, 0.6) is 0 Å². The van der Waals surface area contributed by atoms with Gasteiger partial charge in [0.05, 0.1) is 11.4 Å². The Balaban J connectivity index is 2.00. The molecule has 2 aromatic carbocycles. The van der Waals surface area contributed by atoms with Gasteiger partial charge in [-0.2, -0.15) is 0 Å². The van der Waals surface area contributed by atoms with Crippen molar-refractivity contribution in [2.45, 2.75) is 24.8 Å². The van der Waals surface area contributed by atoms with Crippen molar-refractivity contribution in [3.05, 3.63) is 57.2 Å². The van der Waals surface area contributed by atoms with Crippen LogP contribution in [0.15, 0.2) is 47.4 Å². The Morgan fingerprint density at radius 3 is 2.38 bits per heavy atom. The van der Waals surface area contributed by atoms with Crippen LogP contribution in [0.3, 0.4) is 0 Å². The molecule has 140 valence electrons. The highest BCUT2D eigenvalue weighted by molar-refractivity contribution is 14.1. The number of hydrogen-bond acceptors (Lipinski definition) is 4. The van der Waals surface area contributed by atoms with Crippen LogP contribution in [0, 0.1) is 10.5 Å². The molecule has 26 heavy (non-hydrogen) atoms. The van der Waals surface area contributed by atoms with Gasteiger partial charge in [0.25, 0.3) is 0 Å². The van der Waals surface area contributed by atoms with Gasteiger partial charge < -0.3 is 5.32 Å². The number of aryl methyl sites for hydroxylation is 1. The summed E-state index contributed by atoms with van der Waals surface area (Å²) in [7, 11) is -1.86. The molecule has 6 nitrogen and oxygen atoms in total. The zero-order chi connectivity index (χ0) is 19.5. The quantitative estimate of drug-likeness (QED) is 0.613. The number of nitrogens with two attached hydrogens (primary N) is 1. The summed E-state index contributed by atoms with van der Waals surface area (Å²) < 4.78 is 23.7. The predicted molar refractivity (Wildman–Crippen MR) is 111 cm³/mol. The monoisotopic (exact) mass is 487 g/mol. The normalized spacial score (nSPS) is 12.8. The first-order chi connectivity index (χ1) is 12.1. The number of sulfonamides is 1. The highest BCUT2D eigenvalue weighted by Crippen LogP contribution is 2.21. The zero-order valence-electron chi connectivity index (χ0n) is 14.9. The maximum atomic E-state index is 12.3. The number of amides is 1. The molecule has 3 N–H and O–H groups in total. The van der Waals surface area contributed by atoms with Crippen LogP contribution in [0.4, 0.5) is 5.69 Å². The second kappa shape index (κ2) is 8.47. The van der Waals surface area contributed by atoms with Gasteiger partial charge in [0.2, 0.25) is 15.9 Å². The molecule has 1 unspecified atom stereocenters. The minimum atomic E-state index is -3.70. The van der Waals surface area contributed by atoms with E-state index in [9.17, 15) is 13.2 Å². The second-order valence-electron chi connectivity index (χ2n) is 6.22. The van der Waals surface area contributed by atoms with Crippen LogP contribution in [0.1, 0.15) is 24.1 Å². The molecule has 0 aromatic heterocycles. The van der Waals surface area contributed by atoms with Crippen molar-refractivity contribution < 1.29 is 13.2 Å². The number of carbonyl (C=O) groups is 1. The van der Waals surface area contributed by atoms with Gasteiger partial charge in [0.15, 0.2) is 0 Å². The molecule has 0 bridgehead atoms. The molecule has 0 spiro atoms. The Kier molecular flexibility index (Phi) is 6.78. The molecule has 1 atom stereocenters. The Morgan fingerprint density at radius 2 is 1.85 bits per heavy atom. The third-order valence-electron chi connectivity index (χ3n) is 4.20. The lowest BCUT2D eigenvalue weighted by molar-refractivity contribution is -0.117. The molecule has 0 fully saturated rings. The number of halogens is 1. The molecule has 0 aliphatic heterocycles. The fourth-order valence-corrected chi connectivity index (χ4v) is 3.46. The van der Waals surface area contributed by atoms with Crippen molar-refractivity contribution >= 4 is 44.2 Å². The molecule has 2 rings (SSSR count). The summed E-state index contributed by atoms with van der Waals surface area (Å²) in [5, 5.41) is 8.01. The van der Waals surface area contributed by atoms with Crippen LogP contribution in [0.2, 0.25) is 0 Å². The maximum Gasteiger partial charge on any atom is 0.238 e. The Bertz CT molecular complexity index is 898. The molecule has 0 aliphatic rings. The summed E-state index contributed by atoms with van der Waals surface area (Å²) >= 11 is 2.24. The molecule has 0 radical (unpaired) electrons. The first-order valence-corrected chi connectivity index (χ1v) is 10.6. The van der Waals surface area contributed by atoms with Gasteiger partial charge in [-0.1, -0.05) is 18.2 Å². The lowest BCUT2D eigenvalue weighted by Crippen LogP contribution is -2.32. The summed E-state index contributed by atoms with van der Waals surface area (Å²) in [6.07, 6.45) is 0. The average molecular weight is 487 g/mol. The van der Waals surface area contributed by atoms with E-state index in [2.05, 4.69) is 27.9 Å². The summed E-state index contributed by atoms with van der Waals surface area (Å²) in [4.78, 5) is 14.3. The van der Waals surface area contributed by atoms with E-state index in [1.54, 1.807) is 12.1 Å². The van der Waals surface area contributed by atoms with Crippen LogP contribution in [-0.4, -0.2) is 32.8 Å². The van der Waals surface area contributed by atoms with Crippen molar-refractivity contribution in [1.29, 1.82) is 0 Å². The van der Waals surface area contributed by atoms with Gasteiger partial charge in [0.1, 0.15) is 0 Å². The number of anilines is 1. The fourth-order valence-electron chi connectivity index (χ4n) is 2.43. The van der Waals surface area contributed by atoms with E-state index in [1.807, 2.05) is 44.0 Å². The lowest BCUT2D eigenvalue weighted by atomic mass is 10.1. The third-order valence-corrected chi connectivity index (χ3v) is 6.29. The highest BCUT2D eigenvalue weighted by atomic mass is 127. The summed E-state index contributed by atoms with van der Waals surface area (Å²) in [6, 6.07) is 12.1. The van der Waals surface area contributed by atoms with Gasteiger partial charge in [-0.15, -0.1) is 0 Å². The van der Waals surface area contributed by atoms with Gasteiger partial charge in [-0.25, -0.2) is 13.6 Å². The second-order valence-corrected chi connectivity index (χ2v) is 8.94. The Hall–Kier alpha value is -1.49. The van der Waals surface area contributed by atoms with Crippen molar-refractivity contribution in [1.82, 2.24) is 4.90 Å². The number of benzene rings is 2. The molecular formula is C18H22IN3O3S. The molecule has 0 heterocycles. The predicted octanol–water partition coefficient (Wildman–Crippen LogP) is 2.88. The topological polar surface area (TPSA) is 92.5 Å². The molecular weight excluding hydrogens is 465 g/mol. The van der Waals surface area contributed by atoms with Crippen molar-refractivity contribution in [3.8, 4) is 0 Å². The minimum Gasteiger partial charge on any atom is -0.325 e. The van der Waals surface area contributed by atoms with Crippen LogP contribution < -0.4 is 10.5 Å². The van der Waals surface area contributed by atoms with E-state index in [-0.39, 0.29) is 23.4 Å². The standard InChI is InChI=1S/C18H22IN3O3S/c1-12-4-7-15(10-17(12)19)21-18(23)11-22(3)13(2)14-5-8-16(9-6-14)26(20,24)25/h4-10,13H,11H2,1-3H3,(H,21,23)(H2,20,24,25). The van der Waals surface area contributed by atoms with E-state index in [1.165, 1.54) is 12.1 Å². The van der Waals surface area contributed by atoms with E-state index >= 15 is 0 Å². The Morgan fingerprint density at radius 1 is 1.23 bits per heavy atom. The van der Waals surface area contributed by atoms with E-state index < -0.39 is 10.0 Å². The summed E-state index contributed by atoms with van der Waals surface area (Å²) in [5.74, 6) is -0.111. The first-order valence-electron chi connectivity index (χ1n) is 7.97. The van der Waals surface area contributed by atoms with Crippen LogP contribution in [0.25, 0.3) is 0 Å². The van der Waals surface area contributed by atoms with Crippen molar-refractivity contribution in [2.75, 3.05) is 18.9 Å². The van der Waals surface area contributed by atoms with E-state index in [4.69, 9.17) is 5.14 Å². The number of hydrogen-bond donors (Lipinski definition) is 2. The highest BCUT2D eigenvalue weighted by Gasteiger charge is 2.16. The Labute approximate surface area is 168 Å². The average Bonchev–Trinajstić information content (AvgIpc) is 2.56. The number of likely N-dealkylation sites (N-methyl/N-ethyl adjacent to an activating group) is 1. The largest absolute Gasteiger partial charge is 0.325 e. The molecule has 1 amide bonds. The first kappa shape index (κ1) is 20.8. The SMILES string of the molecule is Cc1ccc(NC(=O)CN(C)C(C)c2ccc(S(N)(=O)=O)cc2)cc1I.